The number of hydrogen-bond acceptors (Lipinski definition) is 3. The average Bonchev–Trinajstić information content (AvgIpc) is 2.86. The van der Waals surface area contributed by atoms with Crippen molar-refractivity contribution < 1.29 is 4.74 Å². The summed E-state index contributed by atoms with van der Waals surface area (Å²) in [7, 11) is 0. The number of hydrogen-bond donors (Lipinski definition) is 0. The lowest BCUT2D eigenvalue weighted by atomic mass is 9.85. The van der Waals surface area contributed by atoms with Gasteiger partial charge < -0.3 is 4.74 Å². The molecule has 0 amide bonds. The molecule has 1 fully saturated rings. The Morgan fingerprint density at radius 2 is 2.06 bits per heavy atom. The van der Waals surface area contributed by atoms with Gasteiger partial charge in [0.25, 0.3) is 0 Å². The van der Waals surface area contributed by atoms with Crippen LogP contribution in [0.15, 0.2) is 6.20 Å². The van der Waals surface area contributed by atoms with Gasteiger partial charge in [-0.2, -0.15) is 0 Å². The average molecular weight is 267 g/mol. The highest BCUT2D eigenvalue weighted by Crippen LogP contribution is 2.39. The quantitative estimate of drug-likeness (QED) is 0.755. The van der Waals surface area contributed by atoms with Crippen molar-refractivity contribution in [1.29, 1.82) is 0 Å². The van der Waals surface area contributed by atoms with Gasteiger partial charge in [-0.25, -0.2) is 4.98 Å². The first kappa shape index (κ1) is 14.0. The molecule has 1 aromatic heterocycles. The summed E-state index contributed by atoms with van der Waals surface area (Å²) >= 11 is 1.85. The Bertz CT molecular complexity index is 355. The molecule has 0 N–H and O–H groups in total. The van der Waals surface area contributed by atoms with Gasteiger partial charge in [-0.15, -0.1) is 11.3 Å². The van der Waals surface area contributed by atoms with Crippen LogP contribution < -0.4 is 0 Å². The van der Waals surface area contributed by atoms with Crippen LogP contribution in [0.1, 0.15) is 74.8 Å². The number of rotatable bonds is 5. The Balaban J connectivity index is 2.11. The molecule has 1 aromatic rings. The number of aromatic nitrogens is 1. The zero-order valence-corrected chi connectivity index (χ0v) is 12.6. The maximum absolute atomic E-state index is 6.01. The predicted molar refractivity (Wildman–Crippen MR) is 77.1 cm³/mol. The van der Waals surface area contributed by atoms with Crippen molar-refractivity contribution in [2.75, 3.05) is 6.61 Å². The van der Waals surface area contributed by atoms with Crippen LogP contribution in [-0.2, 0) is 4.74 Å². The van der Waals surface area contributed by atoms with Gasteiger partial charge in [-0.05, 0) is 31.6 Å². The van der Waals surface area contributed by atoms with E-state index >= 15 is 0 Å². The lowest BCUT2D eigenvalue weighted by molar-refractivity contribution is 0.00551. The number of thiazole rings is 1. The van der Waals surface area contributed by atoms with Gasteiger partial charge in [-0.1, -0.05) is 33.1 Å². The third-order valence-electron chi connectivity index (χ3n) is 3.78. The predicted octanol–water partition coefficient (Wildman–Crippen LogP) is 4.92. The molecule has 3 heteroatoms. The topological polar surface area (TPSA) is 22.1 Å². The van der Waals surface area contributed by atoms with Crippen LogP contribution >= 0.6 is 11.3 Å². The van der Waals surface area contributed by atoms with Gasteiger partial charge in [-0.3, -0.25) is 0 Å². The zero-order valence-electron chi connectivity index (χ0n) is 11.8. The monoisotopic (exact) mass is 267 g/mol. The molecule has 1 aliphatic rings. The Morgan fingerprint density at radius 1 is 1.33 bits per heavy atom. The van der Waals surface area contributed by atoms with Crippen molar-refractivity contribution in [3.8, 4) is 0 Å². The standard InChI is InChI=1S/C15H25NOS/c1-4-17-14(12-8-6-5-7-9-12)15-16-10-13(18-15)11(2)3/h10-12,14H,4-9H2,1-3H3. The van der Waals surface area contributed by atoms with E-state index in [1.54, 1.807) is 0 Å². The van der Waals surface area contributed by atoms with Crippen molar-refractivity contribution in [3.63, 3.8) is 0 Å². The largest absolute Gasteiger partial charge is 0.371 e. The summed E-state index contributed by atoms with van der Waals surface area (Å²) in [6, 6.07) is 0. The summed E-state index contributed by atoms with van der Waals surface area (Å²) in [5.74, 6) is 1.26. The Hall–Kier alpha value is -0.410. The van der Waals surface area contributed by atoms with E-state index in [0.29, 0.717) is 11.8 Å². The number of nitrogens with zero attached hydrogens (tertiary/aromatic N) is 1. The summed E-state index contributed by atoms with van der Waals surface area (Å²) in [6.45, 7) is 7.34. The van der Waals surface area contributed by atoms with E-state index in [1.807, 2.05) is 17.5 Å². The van der Waals surface area contributed by atoms with Crippen molar-refractivity contribution in [2.45, 2.75) is 64.9 Å². The highest BCUT2D eigenvalue weighted by molar-refractivity contribution is 7.11. The number of ether oxygens (including phenoxy) is 1. The Labute approximate surface area is 115 Å². The normalized spacial score (nSPS) is 19.3. The van der Waals surface area contributed by atoms with E-state index in [0.717, 1.165) is 6.61 Å². The van der Waals surface area contributed by atoms with E-state index in [4.69, 9.17) is 4.74 Å². The highest BCUT2D eigenvalue weighted by atomic mass is 32.1. The molecule has 2 nitrogen and oxygen atoms in total. The van der Waals surface area contributed by atoms with Gasteiger partial charge >= 0.3 is 0 Å². The zero-order chi connectivity index (χ0) is 13.0. The first-order valence-corrected chi connectivity index (χ1v) is 8.11. The smallest absolute Gasteiger partial charge is 0.122 e. The lowest BCUT2D eigenvalue weighted by Gasteiger charge is -2.28. The van der Waals surface area contributed by atoms with E-state index in [-0.39, 0.29) is 6.10 Å². The van der Waals surface area contributed by atoms with E-state index in [9.17, 15) is 0 Å². The molecule has 102 valence electrons. The minimum atomic E-state index is 0.243. The fourth-order valence-electron chi connectivity index (χ4n) is 2.72. The molecule has 0 radical (unpaired) electrons. The molecule has 1 aliphatic carbocycles. The van der Waals surface area contributed by atoms with Crippen LogP contribution in [0.25, 0.3) is 0 Å². The van der Waals surface area contributed by atoms with Crippen LogP contribution in [-0.4, -0.2) is 11.6 Å². The Morgan fingerprint density at radius 3 is 2.61 bits per heavy atom. The summed E-state index contributed by atoms with van der Waals surface area (Å²) in [6.07, 6.45) is 9.01. The minimum absolute atomic E-state index is 0.243. The van der Waals surface area contributed by atoms with Crippen LogP contribution in [0, 0.1) is 5.92 Å². The van der Waals surface area contributed by atoms with E-state index < -0.39 is 0 Å². The lowest BCUT2D eigenvalue weighted by Crippen LogP contribution is -2.19. The first-order valence-electron chi connectivity index (χ1n) is 7.29. The van der Waals surface area contributed by atoms with E-state index in [2.05, 4.69) is 25.8 Å². The third kappa shape index (κ3) is 3.33. The molecule has 2 rings (SSSR count). The van der Waals surface area contributed by atoms with Crippen LogP contribution in [0.3, 0.4) is 0 Å². The second-order valence-electron chi connectivity index (χ2n) is 5.53. The van der Waals surface area contributed by atoms with Crippen molar-refractivity contribution in [3.05, 3.63) is 16.1 Å². The second-order valence-corrected chi connectivity index (χ2v) is 6.62. The van der Waals surface area contributed by atoms with Crippen LogP contribution in [0.5, 0.6) is 0 Å². The van der Waals surface area contributed by atoms with Crippen molar-refractivity contribution in [1.82, 2.24) is 4.98 Å². The molecule has 1 unspecified atom stereocenters. The van der Waals surface area contributed by atoms with Gasteiger partial charge in [0.05, 0.1) is 0 Å². The summed E-state index contributed by atoms with van der Waals surface area (Å²) in [4.78, 5) is 6.01. The third-order valence-corrected chi connectivity index (χ3v) is 5.14. The van der Waals surface area contributed by atoms with Gasteiger partial charge in [0.1, 0.15) is 11.1 Å². The summed E-state index contributed by atoms with van der Waals surface area (Å²) < 4.78 is 6.01. The van der Waals surface area contributed by atoms with E-state index in [1.165, 1.54) is 42.0 Å². The maximum Gasteiger partial charge on any atom is 0.122 e. The fourth-order valence-corrected chi connectivity index (χ4v) is 3.79. The van der Waals surface area contributed by atoms with Crippen molar-refractivity contribution in [2.24, 2.45) is 5.92 Å². The molecule has 0 bridgehead atoms. The molecule has 0 aromatic carbocycles. The molecule has 0 saturated heterocycles. The molecular formula is C15H25NOS. The van der Waals surface area contributed by atoms with Gasteiger partial charge in [0.2, 0.25) is 0 Å². The SMILES string of the molecule is CCOC(c1ncc(C(C)C)s1)C1CCCCC1. The molecule has 0 aliphatic heterocycles. The fraction of sp³-hybridized carbons (Fsp3) is 0.800. The molecule has 0 spiro atoms. The first-order chi connectivity index (χ1) is 8.72. The van der Waals surface area contributed by atoms with Crippen LogP contribution in [0.4, 0.5) is 0 Å². The maximum atomic E-state index is 6.01. The summed E-state index contributed by atoms with van der Waals surface area (Å²) in [5.41, 5.74) is 0. The van der Waals surface area contributed by atoms with Gasteiger partial charge in [0, 0.05) is 17.7 Å². The van der Waals surface area contributed by atoms with Crippen LogP contribution in [0.2, 0.25) is 0 Å². The molecule has 18 heavy (non-hydrogen) atoms. The summed E-state index contributed by atoms with van der Waals surface area (Å²) in [5, 5.41) is 1.20. The van der Waals surface area contributed by atoms with Crippen molar-refractivity contribution >= 4 is 11.3 Å². The second kappa shape index (κ2) is 6.67. The minimum Gasteiger partial charge on any atom is -0.371 e. The Kier molecular flexibility index (Phi) is 5.19. The molecule has 1 saturated carbocycles. The molecule has 1 atom stereocenters. The molecular weight excluding hydrogens is 242 g/mol. The molecule has 1 heterocycles. The highest BCUT2D eigenvalue weighted by Gasteiger charge is 2.28. The van der Waals surface area contributed by atoms with Gasteiger partial charge in [0.15, 0.2) is 0 Å².